The van der Waals surface area contributed by atoms with E-state index in [1.807, 2.05) is 55.6 Å². The summed E-state index contributed by atoms with van der Waals surface area (Å²) in [5.74, 6) is 0.746. The highest BCUT2D eigenvalue weighted by Crippen LogP contribution is 2.24. The standard InChI is InChI=1S/C21H29ClN4O/c1-14-7-8-18(10-20(14)22)26-16(3)19(15(2)24-26)11-21(27)25-9-5-6-17(13-25)12-23-4/h7-8,10,17,23H,5-6,9,11-13H2,1-4H3. The second kappa shape index (κ2) is 8.44. The Kier molecular flexibility index (Phi) is 6.22. The minimum atomic E-state index is 0.198. The summed E-state index contributed by atoms with van der Waals surface area (Å²) in [4.78, 5) is 14.9. The predicted octanol–water partition coefficient (Wildman–Crippen LogP) is 3.45. The van der Waals surface area contributed by atoms with Crippen LogP contribution in [0.5, 0.6) is 0 Å². The molecule has 0 aliphatic carbocycles. The van der Waals surface area contributed by atoms with Crippen molar-refractivity contribution in [3.05, 3.63) is 45.7 Å². The lowest BCUT2D eigenvalue weighted by Gasteiger charge is -2.32. The van der Waals surface area contributed by atoms with Gasteiger partial charge in [0.1, 0.15) is 0 Å². The van der Waals surface area contributed by atoms with Gasteiger partial charge in [-0.1, -0.05) is 17.7 Å². The van der Waals surface area contributed by atoms with Crippen molar-refractivity contribution in [3.63, 3.8) is 0 Å². The molecule has 1 saturated heterocycles. The molecule has 1 aliphatic rings. The second-order valence-corrected chi connectivity index (χ2v) is 7.98. The second-order valence-electron chi connectivity index (χ2n) is 7.58. The molecule has 1 aliphatic heterocycles. The van der Waals surface area contributed by atoms with Crippen LogP contribution in [0.15, 0.2) is 18.2 Å². The number of rotatable bonds is 5. The first-order valence-corrected chi connectivity index (χ1v) is 10.0. The molecular formula is C21H29ClN4O. The van der Waals surface area contributed by atoms with Gasteiger partial charge in [-0.05, 0) is 70.8 Å². The SMILES string of the molecule is CNCC1CCCN(C(=O)Cc2c(C)nn(-c3ccc(C)c(Cl)c3)c2C)C1. The Morgan fingerprint density at radius 2 is 2.11 bits per heavy atom. The molecule has 1 aromatic heterocycles. The summed E-state index contributed by atoms with van der Waals surface area (Å²) in [5, 5.41) is 8.63. The highest BCUT2D eigenvalue weighted by molar-refractivity contribution is 6.31. The molecule has 1 amide bonds. The molecule has 0 spiro atoms. The smallest absolute Gasteiger partial charge is 0.227 e. The monoisotopic (exact) mass is 388 g/mol. The van der Waals surface area contributed by atoms with Gasteiger partial charge in [-0.3, -0.25) is 4.79 Å². The van der Waals surface area contributed by atoms with Crippen LogP contribution in [-0.2, 0) is 11.2 Å². The Balaban J connectivity index is 1.78. The van der Waals surface area contributed by atoms with Crippen LogP contribution >= 0.6 is 11.6 Å². The van der Waals surface area contributed by atoms with Gasteiger partial charge in [0.15, 0.2) is 0 Å². The lowest BCUT2D eigenvalue weighted by Crippen LogP contribution is -2.43. The van der Waals surface area contributed by atoms with Gasteiger partial charge in [-0.15, -0.1) is 0 Å². The van der Waals surface area contributed by atoms with Gasteiger partial charge in [-0.25, -0.2) is 4.68 Å². The van der Waals surface area contributed by atoms with Crippen molar-refractivity contribution in [2.75, 3.05) is 26.7 Å². The van der Waals surface area contributed by atoms with E-state index >= 15 is 0 Å². The van der Waals surface area contributed by atoms with Crippen molar-refractivity contribution in [3.8, 4) is 5.69 Å². The van der Waals surface area contributed by atoms with Crippen LogP contribution in [-0.4, -0.2) is 47.3 Å². The largest absolute Gasteiger partial charge is 0.342 e. The Morgan fingerprint density at radius 1 is 1.33 bits per heavy atom. The van der Waals surface area contributed by atoms with Crippen LogP contribution < -0.4 is 5.32 Å². The van der Waals surface area contributed by atoms with E-state index in [-0.39, 0.29) is 5.91 Å². The van der Waals surface area contributed by atoms with E-state index < -0.39 is 0 Å². The van der Waals surface area contributed by atoms with E-state index in [0.717, 1.165) is 59.3 Å². The maximum atomic E-state index is 12.9. The number of carbonyl (C=O) groups excluding carboxylic acids is 1. The molecule has 1 N–H and O–H groups in total. The molecule has 1 fully saturated rings. The number of halogens is 1. The fourth-order valence-corrected chi connectivity index (χ4v) is 4.08. The molecular weight excluding hydrogens is 360 g/mol. The molecule has 5 nitrogen and oxygen atoms in total. The zero-order valence-electron chi connectivity index (χ0n) is 16.7. The van der Waals surface area contributed by atoms with Gasteiger partial charge in [0.2, 0.25) is 5.91 Å². The first-order valence-electron chi connectivity index (χ1n) is 9.64. The normalized spacial score (nSPS) is 17.4. The summed E-state index contributed by atoms with van der Waals surface area (Å²) < 4.78 is 1.89. The third kappa shape index (κ3) is 4.36. The topological polar surface area (TPSA) is 50.2 Å². The fraction of sp³-hybridized carbons (Fsp3) is 0.524. The van der Waals surface area contributed by atoms with E-state index in [1.165, 1.54) is 6.42 Å². The average molecular weight is 389 g/mol. The number of hydrogen-bond acceptors (Lipinski definition) is 3. The van der Waals surface area contributed by atoms with Crippen molar-refractivity contribution in [1.29, 1.82) is 0 Å². The van der Waals surface area contributed by atoms with E-state index in [9.17, 15) is 4.79 Å². The van der Waals surface area contributed by atoms with Gasteiger partial charge >= 0.3 is 0 Å². The van der Waals surface area contributed by atoms with Gasteiger partial charge in [0.05, 0.1) is 17.8 Å². The number of piperidine rings is 1. The minimum Gasteiger partial charge on any atom is -0.342 e. The quantitative estimate of drug-likeness (QED) is 0.853. The summed E-state index contributed by atoms with van der Waals surface area (Å²) in [5.41, 5.74) is 4.90. The maximum absolute atomic E-state index is 12.9. The molecule has 3 rings (SSSR count). The van der Waals surface area contributed by atoms with Crippen LogP contribution in [0.25, 0.3) is 5.69 Å². The van der Waals surface area contributed by atoms with Crippen molar-refractivity contribution in [1.82, 2.24) is 20.0 Å². The first kappa shape index (κ1) is 19.9. The number of carbonyl (C=O) groups is 1. The highest BCUT2D eigenvalue weighted by Gasteiger charge is 2.25. The van der Waals surface area contributed by atoms with Crippen LogP contribution in [0.1, 0.15) is 35.4 Å². The third-order valence-electron chi connectivity index (χ3n) is 5.53. The predicted molar refractivity (Wildman–Crippen MR) is 110 cm³/mol. The van der Waals surface area contributed by atoms with Crippen molar-refractivity contribution in [2.45, 2.75) is 40.0 Å². The van der Waals surface area contributed by atoms with Gasteiger partial charge < -0.3 is 10.2 Å². The zero-order valence-corrected chi connectivity index (χ0v) is 17.4. The van der Waals surface area contributed by atoms with Crippen LogP contribution in [0.4, 0.5) is 0 Å². The number of benzene rings is 1. The third-order valence-corrected chi connectivity index (χ3v) is 5.94. The summed E-state index contributed by atoms with van der Waals surface area (Å²) in [7, 11) is 1.97. The molecule has 27 heavy (non-hydrogen) atoms. The highest BCUT2D eigenvalue weighted by atomic mass is 35.5. The molecule has 1 unspecified atom stereocenters. The molecule has 2 heterocycles. The summed E-state index contributed by atoms with van der Waals surface area (Å²) in [6, 6.07) is 5.93. The summed E-state index contributed by atoms with van der Waals surface area (Å²) in [6.07, 6.45) is 2.68. The number of nitrogens with zero attached hydrogens (tertiary/aromatic N) is 3. The van der Waals surface area contributed by atoms with E-state index in [2.05, 4.69) is 10.4 Å². The maximum Gasteiger partial charge on any atom is 0.227 e. The zero-order chi connectivity index (χ0) is 19.6. The first-order chi connectivity index (χ1) is 12.9. The Hall–Kier alpha value is -1.85. The molecule has 6 heteroatoms. The van der Waals surface area contributed by atoms with Crippen molar-refractivity contribution in [2.24, 2.45) is 5.92 Å². The average Bonchev–Trinajstić information content (AvgIpc) is 2.92. The van der Waals surface area contributed by atoms with Gasteiger partial charge in [0, 0.05) is 29.4 Å². The fourth-order valence-electron chi connectivity index (χ4n) is 3.91. The summed E-state index contributed by atoms with van der Waals surface area (Å²) >= 11 is 6.28. The number of amides is 1. The number of nitrogens with one attached hydrogen (secondary N) is 1. The lowest BCUT2D eigenvalue weighted by molar-refractivity contribution is -0.132. The molecule has 0 radical (unpaired) electrons. The van der Waals surface area contributed by atoms with Crippen LogP contribution in [0.2, 0.25) is 5.02 Å². The lowest BCUT2D eigenvalue weighted by atomic mass is 9.97. The van der Waals surface area contributed by atoms with E-state index in [1.54, 1.807) is 0 Å². The summed E-state index contributed by atoms with van der Waals surface area (Å²) in [6.45, 7) is 8.65. The molecule has 0 saturated carbocycles. The van der Waals surface area contributed by atoms with E-state index in [0.29, 0.717) is 12.3 Å². The van der Waals surface area contributed by atoms with Gasteiger partial charge in [0.25, 0.3) is 0 Å². The number of aryl methyl sites for hydroxylation is 2. The van der Waals surface area contributed by atoms with E-state index in [4.69, 9.17) is 11.6 Å². The Bertz CT molecular complexity index is 828. The number of aromatic nitrogens is 2. The van der Waals surface area contributed by atoms with Crippen molar-refractivity contribution >= 4 is 17.5 Å². The molecule has 0 bridgehead atoms. The van der Waals surface area contributed by atoms with Crippen LogP contribution in [0, 0.1) is 26.7 Å². The molecule has 1 atom stereocenters. The Morgan fingerprint density at radius 3 is 2.81 bits per heavy atom. The number of hydrogen-bond donors (Lipinski definition) is 1. The Labute approximate surface area is 166 Å². The van der Waals surface area contributed by atoms with Gasteiger partial charge in [-0.2, -0.15) is 5.10 Å². The number of likely N-dealkylation sites (tertiary alicyclic amines) is 1. The minimum absolute atomic E-state index is 0.198. The molecule has 146 valence electrons. The molecule has 2 aromatic rings. The molecule has 1 aromatic carbocycles. The van der Waals surface area contributed by atoms with Crippen molar-refractivity contribution < 1.29 is 4.79 Å². The van der Waals surface area contributed by atoms with Crippen LogP contribution in [0.3, 0.4) is 0 Å².